The minimum Gasteiger partial charge on any atom is -0.491 e. The molecule has 0 saturated heterocycles. The third-order valence-electron chi connectivity index (χ3n) is 3.31. The van der Waals surface area contributed by atoms with Crippen LogP contribution in [0.4, 0.5) is 11.4 Å². The normalized spacial score (nSPS) is 11.0. The van der Waals surface area contributed by atoms with Gasteiger partial charge >= 0.3 is 5.69 Å². The van der Waals surface area contributed by atoms with Gasteiger partial charge in [-0.25, -0.2) is 0 Å². The van der Waals surface area contributed by atoms with Crippen molar-refractivity contribution in [2.75, 3.05) is 6.61 Å². The Bertz CT molecular complexity index is 906. The molecule has 1 aromatic heterocycles. The van der Waals surface area contributed by atoms with Crippen molar-refractivity contribution in [3.05, 3.63) is 47.7 Å². The first-order valence-electron chi connectivity index (χ1n) is 6.93. The van der Waals surface area contributed by atoms with Gasteiger partial charge in [0.1, 0.15) is 10.5 Å². The first kappa shape index (κ1) is 17.7. The summed E-state index contributed by atoms with van der Waals surface area (Å²) in [5.41, 5.74) is -1.82. The zero-order valence-electron chi connectivity index (χ0n) is 13.1. The summed E-state index contributed by atoms with van der Waals surface area (Å²) in [5, 5.41) is 22.2. The van der Waals surface area contributed by atoms with E-state index in [1.165, 1.54) is 7.05 Å². The number of rotatable bonds is 5. The smallest absolute Gasteiger partial charge is 0.300 e. The summed E-state index contributed by atoms with van der Waals surface area (Å²) < 4.78 is 6.51. The molecule has 0 spiro atoms. The molecular weight excluding hydrogens is 342 g/mol. The Morgan fingerprint density at radius 2 is 1.88 bits per heavy atom. The Morgan fingerprint density at radius 3 is 2.38 bits per heavy atom. The highest BCUT2D eigenvalue weighted by Gasteiger charge is 2.26. The van der Waals surface area contributed by atoms with E-state index in [0.717, 1.165) is 16.7 Å². The number of non-ortho nitro benzene ring substituents is 2. The molecular formula is C14H14ClN3O6. The predicted octanol–water partition coefficient (Wildman–Crippen LogP) is 3.04. The summed E-state index contributed by atoms with van der Waals surface area (Å²) in [7, 11) is 1.31. The van der Waals surface area contributed by atoms with Crippen molar-refractivity contribution in [3.8, 4) is 5.75 Å². The van der Waals surface area contributed by atoms with E-state index in [-0.39, 0.29) is 34.2 Å². The maximum atomic E-state index is 12.2. The van der Waals surface area contributed by atoms with Crippen molar-refractivity contribution in [2.45, 2.75) is 13.8 Å². The number of hydrogen-bond acceptors (Lipinski definition) is 6. The number of nitrogens with zero attached hydrogens (tertiary/aromatic N) is 3. The molecule has 0 fully saturated rings. The van der Waals surface area contributed by atoms with Gasteiger partial charge in [-0.15, -0.1) is 0 Å². The van der Waals surface area contributed by atoms with E-state index in [1.807, 2.05) is 13.8 Å². The van der Waals surface area contributed by atoms with E-state index in [9.17, 15) is 25.0 Å². The number of hydrogen-bond donors (Lipinski definition) is 0. The SMILES string of the molecule is CC(C)COc1c(Cl)c(=O)n(C)c2c([N+](=O)[O-])cc([N+](=O)[O-])cc12. The van der Waals surface area contributed by atoms with Crippen molar-refractivity contribution >= 4 is 33.9 Å². The highest BCUT2D eigenvalue weighted by atomic mass is 35.5. The Kier molecular flexibility index (Phi) is 4.74. The van der Waals surface area contributed by atoms with Crippen molar-refractivity contribution < 1.29 is 14.6 Å². The number of halogens is 1. The van der Waals surface area contributed by atoms with Crippen LogP contribution in [-0.4, -0.2) is 21.0 Å². The molecule has 0 amide bonds. The number of aryl methyl sites for hydroxylation is 1. The van der Waals surface area contributed by atoms with Crippen LogP contribution in [0.1, 0.15) is 13.8 Å². The third-order valence-corrected chi connectivity index (χ3v) is 3.65. The Balaban J connectivity index is 2.96. The molecule has 1 aromatic carbocycles. The molecule has 0 unspecified atom stereocenters. The van der Waals surface area contributed by atoms with Gasteiger partial charge in [0.05, 0.1) is 27.9 Å². The van der Waals surface area contributed by atoms with E-state index in [4.69, 9.17) is 16.3 Å². The molecule has 2 rings (SSSR count). The molecule has 0 radical (unpaired) electrons. The van der Waals surface area contributed by atoms with Gasteiger partial charge in [0.25, 0.3) is 11.2 Å². The van der Waals surface area contributed by atoms with Crippen LogP contribution in [-0.2, 0) is 7.05 Å². The second kappa shape index (κ2) is 6.44. The van der Waals surface area contributed by atoms with E-state index < -0.39 is 26.8 Å². The van der Waals surface area contributed by atoms with Crippen LogP contribution < -0.4 is 10.3 Å². The molecule has 24 heavy (non-hydrogen) atoms. The fourth-order valence-corrected chi connectivity index (χ4v) is 2.51. The van der Waals surface area contributed by atoms with E-state index in [2.05, 4.69) is 0 Å². The molecule has 2 aromatic rings. The number of fused-ring (bicyclic) bond motifs is 1. The van der Waals surface area contributed by atoms with Gasteiger partial charge in [0.15, 0.2) is 5.75 Å². The molecule has 0 saturated carbocycles. The minimum atomic E-state index is -0.783. The zero-order chi connectivity index (χ0) is 18.2. The highest BCUT2D eigenvalue weighted by Crippen LogP contribution is 2.38. The molecule has 0 bridgehead atoms. The number of benzene rings is 1. The Morgan fingerprint density at radius 1 is 1.25 bits per heavy atom. The molecule has 0 N–H and O–H groups in total. The number of nitro groups is 2. The molecule has 0 aliphatic heterocycles. The van der Waals surface area contributed by atoms with Crippen LogP contribution in [0, 0.1) is 26.1 Å². The quantitative estimate of drug-likeness (QED) is 0.600. The van der Waals surface area contributed by atoms with Crippen LogP contribution in [0.3, 0.4) is 0 Å². The maximum absolute atomic E-state index is 12.2. The number of ether oxygens (including phenoxy) is 1. The first-order valence-corrected chi connectivity index (χ1v) is 7.30. The van der Waals surface area contributed by atoms with Crippen molar-refractivity contribution in [1.29, 1.82) is 0 Å². The van der Waals surface area contributed by atoms with E-state index in [0.29, 0.717) is 0 Å². The molecule has 0 aliphatic carbocycles. The summed E-state index contributed by atoms with van der Waals surface area (Å²) in [4.78, 5) is 33.1. The molecule has 9 nitrogen and oxygen atoms in total. The lowest BCUT2D eigenvalue weighted by atomic mass is 10.1. The minimum absolute atomic E-state index is 0.0450. The first-order chi connectivity index (χ1) is 11.1. The average molecular weight is 356 g/mol. The van der Waals surface area contributed by atoms with Crippen LogP contribution in [0.15, 0.2) is 16.9 Å². The number of aromatic nitrogens is 1. The molecule has 0 aliphatic rings. The van der Waals surface area contributed by atoms with Gasteiger partial charge in [-0.2, -0.15) is 0 Å². The lowest BCUT2D eigenvalue weighted by Crippen LogP contribution is -2.20. The van der Waals surface area contributed by atoms with Crippen LogP contribution >= 0.6 is 11.6 Å². The van der Waals surface area contributed by atoms with Crippen molar-refractivity contribution in [2.24, 2.45) is 13.0 Å². The summed E-state index contributed by atoms with van der Waals surface area (Å²) in [6, 6.07) is 1.92. The van der Waals surface area contributed by atoms with Crippen LogP contribution in [0.5, 0.6) is 5.75 Å². The van der Waals surface area contributed by atoms with Crippen LogP contribution in [0.25, 0.3) is 10.9 Å². The summed E-state index contributed by atoms with van der Waals surface area (Å²) >= 11 is 6.03. The van der Waals surface area contributed by atoms with Gasteiger partial charge in [-0.3, -0.25) is 25.0 Å². The fourth-order valence-electron chi connectivity index (χ4n) is 2.23. The van der Waals surface area contributed by atoms with E-state index >= 15 is 0 Å². The van der Waals surface area contributed by atoms with E-state index in [1.54, 1.807) is 0 Å². The second-order valence-corrected chi connectivity index (χ2v) is 5.97. The topological polar surface area (TPSA) is 118 Å². The monoisotopic (exact) mass is 355 g/mol. The largest absolute Gasteiger partial charge is 0.491 e. The average Bonchev–Trinajstić information content (AvgIpc) is 2.50. The van der Waals surface area contributed by atoms with Gasteiger partial charge < -0.3 is 9.30 Å². The summed E-state index contributed by atoms with van der Waals surface area (Å²) in [5.74, 6) is 0.00382. The zero-order valence-corrected chi connectivity index (χ0v) is 13.9. The lowest BCUT2D eigenvalue weighted by Gasteiger charge is -2.15. The maximum Gasteiger partial charge on any atom is 0.300 e. The molecule has 128 valence electrons. The van der Waals surface area contributed by atoms with Crippen molar-refractivity contribution in [1.82, 2.24) is 4.57 Å². The Hall–Kier alpha value is -2.68. The predicted molar refractivity (Wildman–Crippen MR) is 87.8 cm³/mol. The van der Waals surface area contributed by atoms with Gasteiger partial charge in [0, 0.05) is 13.1 Å². The number of pyridine rings is 1. The van der Waals surface area contributed by atoms with Gasteiger partial charge in [-0.05, 0) is 5.92 Å². The molecule has 0 atom stereocenters. The highest BCUT2D eigenvalue weighted by molar-refractivity contribution is 6.33. The Labute approximate surface area is 140 Å². The standard InChI is InChI=1S/C14H14ClN3O6/c1-7(2)6-24-13-9-4-8(17(20)21)5-10(18(22)23)12(9)16(3)14(19)11(13)15/h4-5,7H,6H2,1-3H3. The van der Waals surface area contributed by atoms with Crippen molar-refractivity contribution in [3.63, 3.8) is 0 Å². The molecule has 10 heteroatoms. The fraction of sp³-hybridized carbons (Fsp3) is 0.357. The summed E-state index contributed by atoms with van der Waals surface area (Å²) in [6.07, 6.45) is 0. The molecule has 1 heterocycles. The third kappa shape index (κ3) is 3.02. The van der Waals surface area contributed by atoms with Crippen LogP contribution in [0.2, 0.25) is 5.02 Å². The van der Waals surface area contributed by atoms with Gasteiger partial charge in [-0.1, -0.05) is 25.4 Å². The van der Waals surface area contributed by atoms with Gasteiger partial charge in [0.2, 0.25) is 0 Å². The second-order valence-electron chi connectivity index (χ2n) is 5.59. The lowest BCUT2D eigenvalue weighted by molar-refractivity contribution is -0.393. The number of nitro benzene ring substituents is 2. The summed E-state index contributed by atoms with van der Waals surface area (Å²) in [6.45, 7) is 3.92.